The molecule has 2 aromatic carbocycles. The van der Waals surface area contributed by atoms with E-state index in [-0.39, 0.29) is 12.1 Å². The zero-order valence-electron chi connectivity index (χ0n) is 17.3. The van der Waals surface area contributed by atoms with Gasteiger partial charge in [-0.2, -0.15) is 0 Å². The molecule has 2 aromatic rings. The van der Waals surface area contributed by atoms with E-state index in [4.69, 9.17) is 14.2 Å². The number of aryl methyl sites for hydroxylation is 1. The van der Waals surface area contributed by atoms with Crippen LogP contribution in [0.5, 0.6) is 17.2 Å². The fourth-order valence-electron chi connectivity index (χ4n) is 2.96. The molecule has 28 heavy (non-hydrogen) atoms. The van der Waals surface area contributed by atoms with Crippen molar-refractivity contribution in [1.29, 1.82) is 0 Å². The summed E-state index contributed by atoms with van der Waals surface area (Å²) in [6.45, 7) is 2.61. The standard InChI is InChI=1S/C22H30N2O4/c1-16(20-13-12-19(27-4)15-21(20)28-5)23-22(25)24(2)14-6-7-17-8-10-18(26-3)11-9-17/h8-13,15-16H,6-7,14H2,1-5H3,(H,23,25). The van der Waals surface area contributed by atoms with E-state index in [0.717, 1.165) is 29.9 Å². The Morgan fingerprint density at radius 1 is 1.00 bits per heavy atom. The number of hydrogen-bond donors (Lipinski definition) is 1. The van der Waals surface area contributed by atoms with Crippen LogP contribution in [0.4, 0.5) is 4.79 Å². The van der Waals surface area contributed by atoms with E-state index in [1.165, 1.54) is 5.56 Å². The lowest BCUT2D eigenvalue weighted by Crippen LogP contribution is -2.39. The van der Waals surface area contributed by atoms with Crippen molar-refractivity contribution in [3.8, 4) is 17.2 Å². The Hall–Kier alpha value is -2.89. The van der Waals surface area contributed by atoms with E-state index in [1.54, 1.807) is 33.3 Å². The molecule has 2 amide bonds. The van der Waals surface area contributed by atoms with Crippen LogP contribution in [0.1, 0.15) is 30.5 Å². The molecule has 0 saturated carbocycles. The summed E-state index contributed by atoms with van der Waals surface area (Å²) in [5, 5.41) is 3.02. The zero-order chi connectivity index (χ0) is 20.5. The molecule has 2 rings (SSSR count). The van der Waals surface area contributed by atoms with Gasteiger partial charge in [0, 0.05) is 25.2 Å². The van der Waals surface area contributed by atoms with E-state index < -0.39 is 0 Å². The molecule has 0 spiro atoms. The van der Waals surface area contributed by atoms with Gasteiger partial charge in [-0.15, -0.1) is 0 Å². The largest absolute Gasteiger partial charge is 0.497 e. The minimum atomic E-state index is -0.183. The predicted molar refractivity (Wildman–Crippen MR) is 110 cm³/mol. The highest BCUT2D eigenvalue weighted by Crippen LogP contribution is 2.29. The number of benzene rings is 2. The Morgan fingerprint density at radius 3 is 2.25 bits per heavy atom. The second-order valence-corrected chi connectivity index (χ2v) is 6.65. The first kappa shape index (κ1) is 21.4. The molecule has 0 aliphatic carbocycles. The average Bonchev–Trinajstić information content (AvgIpc) is 2.73. The van der Waals surface area contributed by atoms with E-state index in [2.05, 4.69) is 17.4 Å². The zero-order valence-corrected chi connectivity index (χ0v) is 17.3. The molecule has 152 valence electrons. The molecule has 0 saturated heterocycles. The first-order valence-electron chi connectivity index (χ1n) is 9.35. The van der Waals surface area contributed by atoms with Crippen LogP contribution in [-0.2, 0) is 6.42 Å². The third-order valence-electron chi connectivity index (χ3n) is 4.71. The number of hydrogen-bond acceptors (Lipinski definition) is 4. The van der Waals surface area contributed by atoms with Gasteiger partial charge in [-0.1, -0.05) is 12.1 Å². The normalized spacial score (nSPS) is 11.5. The molecule has 0 fully saturated rings. The Kier molecular flexibility index (Phi) is 7.99. The van der Waals surface area contributed by atoms with Crippen molar-refractivity contribution in [2.75, 3.05) is 34.9 Å². The molecule has 0 bridgehead atoms. The van der Waals surface area contributed by atoms with Gasteiger partial charge in [-0.3, -0.25) is 0 Å². The first-order chi connectivity index (χ1) is 13.5. The van der Waals surface area contributed by atoms with Crippen LogP contribution >= 0.6 is 0 Å². The van der Waals surface area contributed by atoms with Gasteiger partial charge in [-0.25, -0.2) is 4.79 Å². The number of rotatable bonds is 9. The number of carbonyl (C=O) groups excluding carboxylic acids is 1. The molecule has 1 atom stereocenters. The summed E-state index contributed by atoms with van der Waals surface area (Å²) in [7, 11) is 6.69. The monoisotopic (exact) mass is 386 g/mol. The molecule has 0 aromatic heterocycles. The van der Waals surface area contributed by atoms with Crippen molar-refractivity contribution in [3.05, 3.63) is 53.6 Å². The number of nitrogens with zero attached hydrogens (tertiary/aromatic N) is 1. The first-order valence-corrected chi connectivity index (χ1v) is 9.35. The molecule has 0 heterocycles. The molecule has 6 heteroatoms. The Bertz CT molecular complexity index is 762. The maximum atomic E-state index is 12.5. The number of methoxy groups -OCH3 is 3. The minimum absolute atomic E-state index is 0.111. The van der Waals surface area contributed by atoms with Crippen molar-refractivity contribution in [2.45, 2.75) is 25.8 Å². The van der Waals surface area contributed by atoms with E-state index in [1.807, 2.05) is 37.3 Å². The Labute approximate surface area is 167 Å². The summed E-state index contributed by atoms with van der Waals surface area (Å²) >= 11 is 0. The summed E-state index contributed by atoms with van der Waals surface area (Å²) in [5.41, 5.74) is 2.13. The van der Waals surface area contributed by atoms with Crippen molar-refractivity contribution < 1.29 is 19.0 Å². The third kappa shape index (κ3) is 5.81. The summed E-state index contributed by atoms with van der Waals surface area (Å²) in [6.07, 6.45) is 1.79. The molecule has 0 aliphatic rings. The van der Waals surface area contributed by atoms with Gasteiger partial charge < -0.3 is 24.4 Å². The Morgan fingerprint density at radius 2 is 1.64 bits per heavy atom. The lowest BCUT2D eigenvalue weighted by molar-refractivity contribution is 0.205. The van der Waals surface area contributed by atoms with Crippen LogP contribution in [-0.4, -0.2) is 45.9 Å². The molecule has 1 N–H and O–H groups in total. The third-order valence-corrected chi connectivity index (χ3v) is 4.71. The number of nitrogens with one attached hydrogen (secondary N) is 1. The topological polar surface area (TPSA) is 60.0 Å². The van der Waals surface area contributed by atoms with Crippen LogP contribution < -0.4 is 19.5 Å². The van der Waals surface area contributed by atoms with Crippen molar-refractivity contribution >= 4 is 6.03 Å². The van der Waals surface area contributed by atoms with Crippen molar-refractivity contribution in [2.24, 2.45) is 0 Å². The number of urea groups is 1. The van der Waals surface area contributed by atoms with Gasteiger partial charge in [0.15, 0.2) is 0 Å². The van der Waals surface area contributed by atoms with Gasteiger partial charge in [0.2, 0.25) is 0 Å². The van der Waals surface area contributed by atoms with Gasteiger partial charge >= 0.3 is 6.03 Å². The molecule has 0 aliphatic heterocycles. The van der Waals surface area contributed by atoms with Crippen molar-refractivity contribution in [1.82, 2.24) is 10.2 Å². The van der Waals surface area contributed by atoms with Crippen LogP contribution in [0, 0.1) is 0 Å². The summed E-state index contributed by atoms with van der Waals surface area (Å²) in [5.74, 6) is 2.26. The molecule has 6 nitrogen and oxygen atoms in total. The van der Waals surface area contributed by atoms with Crippen LogP contribution in [0.2, 0.25) is 0 Å². The second kappa shape index (κ2) is 10.4. The fourth-order valence-corrected chi connectivity index (χ4v) is 2.96. The van der Waals surface area contributed by atoms with Gasteiger partial charge in [0.25, 0.3) is 0 Å². The maximum absolute atomic E-state index is 12.5. The lowest BCUT2D eigenvalue weighted by atomic mass is 10.1. The molecule has 0 radical (unpaired) electrons. The van der Waals surface area contributed by atoms with Crippen LogP contribution in [0.25, 0.3) is 0 Å². The van der Waals surface area contributed by atoms with E-state index in [9.17, 15) is 4.79 Å². The maximum Gasteiger partial charge on any atom is 0.317 e. The summed E-state index contributed by atoms with van der Waals surface area (Å²) in [6, 6.07) is 13.3. The predicted octanol–water partition coefficient (Wildman–Crippen LogP) is 4.05. The lowest BCUT2D eigenvalue weighted by Gasteiger charge is -2.23. The Balaban J connectivity index is 1.85. The number of amides is 2. The molecule has 1 unspecified atom stereocenters. The molecular weight excluding hydrogens is 356 g/mol. The van der Waals surface area contributed by atoms with Gasteiger partial charge in [-0.05, 0) is 49.6 Å². The number of ether oxygens (including phenoxy) is 3. The quantitative estimate of drug-likeness (QED) is 0.706. The summed E-state index contributed by atoms with van der Waals surface area (Å²) < 4.78 is 15.8. The summed E-state index contributed by atoms with van der Waals surface area (Å²) in [4.78, 5) is 14.2. The van der Waals surface area contributed by atoms with Gasteiger partial charge in [0.1, 0.15) is 17.2 Å². The van der Waals surface area contributed by atoms with E-state index in [0.29, 0.717) is 12.3 Å². The fraction of sp³-hybridized carbons (Fsp3) is 0.409. The highest BCUT2D eigenvalue weighted by atomic mass is 16.5. The SMILES string of the molecule is COc1ccc(CCCN(C)C(=O)NC(C)c2ccc(OC)cc2OC)cc1. The second-order valence-electron chi connectivity index (χ2n) is 6.65. The van der Waals surface area contributed by atoms with Crippen LogP contribution in [0.15, 0.2) is 42.5 Å². The van der Waals surface area contributed by atoms with Crippen molar-refractivity contribution in [3.63, 3.8) is 0 Å². The van der Waals surface area contributed by atoms with Crippen LogP contribution in [0.3, 0.4) is 0 Å². The number of carbonyl (C=O) groups is 1. The van der Waals surface area contributed by atoms with E-state index >= 15 is 0 Å². The molecular formula is C22H30N2O4. The highest BCUT2D eigenvalue weighted by molar-refractivity contribution is 5.74. The average molecular weight is 386 g/mol. The van der Waals surface area contributed by atoms with Gasteiger partial charge in [0.05, 0.1) is 27.4 Å². The smallest absolute Gasteiger partial charge is 0.317 e. The minimum Gasteiger partial charge on any atom is -0.497 e. The highest BCUT2D eigenvalue weighted by Gasteiger charge is 2.17.